The van der Waals surface area contributed by atoms with Gasteiger partial charge in [-0.25, -0.2) is 0 Å². The third-order valence-electron chi connectivity index (χ3n) is 5.31. The number of carbonyl (C=O) groups is 2. The Morgan fingerprint density at radius 1 is 1.00 bits per heavy atom. The maximum Gasteiger partial charge on any atom is 0.253 e. The number of ether oxygens (including phenoxy) is 1. The van der Waals surface area contributed by atoms with Crippen LogP contribution < -0.4 is 10.1 Å². The van der Waals surface area contributed by atoms with Crippen molar-refractivity contribution in [2.24, 2.45) is 5.92 Å². The van der Waals surface area contributed by atoms with Crippen molar-refractivity contribution in [1.29, 1.82) is 0 Å². The molecule has 0 radical (unpaired) electrons. The third kappa shape index (κ3) is 6.08. The van der Waals surface area contributed by atoms with Crippen molar-refractivity contribution >= 4 is 17.5 Å². The predicted molar refractivity (Wildman–Crippen MR) is 115 cm³/mol. The van der Waals surface area contributed by atoms with Gasteiger partial charge in [0.1, 0.15) is 5.75 Å². The molecule has 2 aromatic carbocycles. The minimum absolute atomic E-state index is 0.0180. The van der Waals surface area contributed by atoms with Gasteiger partial charge in [-0.2, -0.15) is 0 Å². The average Bonchev–Trinajstić information content (AvgIpc) is 2.77. The average molecular weight is 395 g/mol. The highest BCUT2D eigenvalue weighted by Crippen LogP contribution is 2.22. The molecule has 0 unspecified atom stereocenters. The van der Waals surface area contributed by atoms with Crippen LogP contribution in [0.4, 0.5) is 5.69 Å². The maximum absolute atomic E-state index is 12.8. The first-order valence-corrected chi connectivity index (χ1v) is 10.6. The van der Waals surface area contributed by atoms with E-state index in [4.69, 9.17) is 4.74 Å². The number of benzene rings is 2. The number of carbonyl (C=O) groups excluding carboxylic acids is 2. The normalized spacial score (nSPS) is 14.4. The number of piperidine rings is 1. The Hall–Kier alpha value is -2.82. The van der Waals surface area contributed by atoms with Crippen LogP contribution in [0.1, 0.15) is 49.4 Å². The second-order valence-corrected chi connectivity index (χ2v) is 7.50. The molecule has 1 N–H and O–H groups in total. The van der Waals surface area contributed by atoms with Crippen LogP contribution >= 0.6 is 0 Å². The Kier molecular flexibility index (Phi) is 7.68. The first-order chi connectivity index (χ1) is 14.2. The SMILES string of the molecule is CCCCCOc1ccc(C(=O)N2CCC(C(=O)Nc3ccccc3)CC2)cc1. The van der Waals surface area contributed by atoms with Gasteiger partial charge in [0.05, 0.1) is 6.61 Å². The molecular weight excluding hydrogens is 364 g/mol. The molecule has 0 bridgehead atoms. The molecule has 5 nitrogen and oxygen atoms in total. The standard InChI is InChI=1S/C24H30N2O3/c1-2-3-7-18-29-22-12-10-20(11-13-22)24(28)26-16-14-19(15-17-26)23(27)25-21-8-5-4-6-9-21/h4-6,8-13,19H,2-3,7,14-18H2,1H3,(H,25,27). The van der Waals surface area contributed by atoms with Crippen molar-refractivity contribution in [3.05, 3.63) is 60.2 Å². The van der Waals surface area contributed by atoms with Gasteiger partial charge in [-0.3, -0.25) is 9.59 Å². The molecule has 2 amide bonds. The van der Waals surface area contributed by atoms with Crippen LogP contribution in [0.5, 0.6) is 5.75 Å². The zero-order valence-electron chi connectivity index (χ0n) is 17.1. The minimum Gasteiger partial charge on any atom is -0.494 e. The highest BCUT2D eigenvalue weighted by molar-refractivity contribution is 5.95. The first kappa shape index (κ1) is 20.9. The van der Waals surface area contributed by atoms with Crippen molar-refractivity contribution in [3.63, 3.8) is 0 Å². The number of hydrogen-bond acceptors (Lipinski definition) is 3. The van der Waals surface area contributed by atoms with E-state index >= 15 is 0 Å². The Labute approximate surface area is 173 Å². The lowest BCUT2D eigenvalue weighted by Crippen LogP contribution is -2.41. The van der Waals surface area contributed by atoms with E-state index in [0.717, 1.165) is 24.3 Å². The number of nitrogens with zero attached hydrogens (tertiary/aromatic N) is 1. The molecule has 1 heterocycles. The Morgan fingerprint density at radius 3 is 2.34 bits per heavy atom. The van der Waals surface area contributed by atoms with Gasteiger partial charge in [-0.15, -0.1) is 0 Å². The fraction of sp³-hybridized carbons (Fsp3) is 0.417. The zero-order valence-corrected chi connectivity index (χ0v) is 17.1. The highest BCUT2D eigenvalue weighted by Gasteiger charge is 2.27. The summed E-state index contributed by atoms with van der Waals surface area (Å²) >= 11 is 0. The topological polar surface area (TPSA) is 58.6 Å². The molecule has 0 saturated carbocycles. The second-order valence-electron chi connectivity index (χ2n) is 7.50. The molecule has 0 atom stereocenters. The number of likely N-dealkylation sites (tertiary alicyclic amines) is 1. The van der Waals surface area contributed by atoms with Crippen molar-refractivity contribution in [2.75, 3.05) is 25.0 Å². The highest BCUT2D eigenvalue weighted by atomic mass is 16.5. The largest absolute Gasteiger partial charge is 0.494 e. The monoisotopic (exact) mass is 394 g/mol. The Bertz CT molecular complexity index is 782. The van der Waals surface area contributed by atoms with Gasteiger partial charge >= 0.3 is 0 Å². The molecule has 1 aliphatic heterocycles. The maximum atomic E-state index is 12.8. The van der Waals surface area contributed by atoms with Crippen LogP contribution in [0.3, 0.4) is 0 Å². The van der Waals surface area contributed by atoms with E-state index in [1.807, 2.05) is 59.5 Å². The fourth-order valence-electron chi connectivity index (χ4n) is 3.53. The lowest BCUT2D eigenvalue weighted by Gasteiger charge is -2.31. The van der Waals surface area contributed by atoms with Crippen LogP contribution in [0, 0.1) is 5.92 Å². The summed E-state index contributed by atoms with van der Waals surface area (Å²) in [4.78, 5) is 27.0. The number of hydrogen-bond donors (Lipinski definition) is 1. The van der Waals surface area contributed by atoms with E-state index in [2.05, 4.69) is 12.2 Å². The van der Waals surface area contributed by atoms with Gasteiger partial charge in [-0.1, -0.05) is 38.0 Å². The number of anilines is 1. The third-order valence-corrected chi connectivity index (χ3v) is 5.31. The summed E-state index contributed by atoms with van der Waals surface area (Å²) < 4.78 is 5.71. The van der Waals surface area contributed by atoms with Gasteiger partial charge < -0.3 is 15.0 Å². The van der Waals surface area contributed by atoms with Gasteiger partial charge in [0.15, 0.2) is 0 Å². The summed E-state index contributed by atoms with van der Waals surface area (Å²) in [5.41, 5.74) is 1.48. The quantitative estimate of drug-likeness (QED) is 0.658. The van der Waals surface area contributed by atoms with Gasteiger partial charge in [0, 0.05) is 30.3 Å². The van der Waals surface area contributed by atoms with E-state index in [1.54, 1.807) is 0 Å². The molecule has 3 rings (SSSR count). The molecule has 154 valence electrons. The summed E-state index contributed by atoms with van der Waals surface area (Å²) in [5.74, 6) is 0.796. The molecule has 2 aromatic rings. The summed E-state index contributed by atoms with van der Waals surface area (Å²) in [6.45, 7) is 4.07. The second kappa shape index (κ2) is 10.6. The predicted octanol–water partition coefficient (Wildman–Crippen LogP) is 4.75. The molecule has 1 saturated heterocycles. The lowest BCUT2D eigenvalue weighted by molar-refractivity contribution is -0.121. The van der Waals surface area contributed by atoms with E-state index < -0.39 is 0 Å². The molecule has 29 heavy (non-hydrogen) atoms. The molecule has 5 heteroatoms. The van der Waals surface area contributed by atoms with E-state index in [-0.39, 0.29) is 17.7 Å². The summed E-state index contributed by atoms with van der Waals surface area (Å²) in [6.07, 6.45) is 4.74. The van der Waals surface area contributed by atoms with Crippen LogP contribution in [-0.2, 0) is 4.79 Å². The number of rotatable bonds is 8. The number of para-hydroxylation sites is 1. The molecule has 0 aromatic heterocycles. The van der Waals surface area contributed by atoms with Crippen LogP contribution in [0.2, 0.25) is 0 Å². The Morgan fingerprint density at radius 2 is 1.69 bits per heavy atom. The van der Waals surface area contributed by atoms with Gasteiger partial charge in [0.25, 0.3) is 5.91 Å². The van der Waals surface area contributed by atoms with E-state index in [1.165, 1.54) is 6.42 Å². The van der Waals surface area contributed by atoms with Crippen molar-refractivity contribution in [2.45, 2.75) is 39.0 Å². The molecule has 1 aliphatic rings. The Balaban J connectivity index is 1.46. The van der Waals surface area contributed by atoms with Gasteiger partial charge in [0.2, 0.25) is 5.91 Å². The fourth-order valence-corrected chi connectivity index (χ4v) is 3.53. The van der Waals surface area contributed by atoms with Crippen LogP contribution in [0.15, 0.2) is 54.6 Å². The molecule has 0 aliphatic carbocycles. The van der Waals surface area contributed by atoms with E-state index in [0.29, 0.717) is 38.1 Å². The lowest BCUT2D eigenvalue weighted by atomic mass is 9.95. The summed E-state index contributed by atoms with van der Waals surface area (Å²) in [7, 11) is 0. The summed E-state index contributed by atoms with van der Waals surface area (Å²) in [5, 5.41) is 2.96. The minimum atomic E-state index is -0.0573. The number of nitrogens with one attached hydrogen (secondary N) is 1. The smallest absolute Gasteiger partial charge is 0.253 e. The number of unbranched alkanes of at least 4 members (excludes halogenated alkanes) is 2. The van der Waals surface area contributed by atoms with Crippen LogP contribution in [-0.4, -0.2) is 36.4 Å². The first-order valence-electron chi connectivity index (χ1n) is 10.6. The van der Waals surface area contributed by atoms with Gasteiger partial charge in [-0.05, 0) is 55.7 Å². The van der Waals surface area contributed by atoms with Crippen molar-refractivity contribution in [3.8, 4) is 5.75 Å². The van der Waals surface area contributed by atoms with E-state index in [9.17, 15) is 9.59 Å². The van der Waals surface area contributed by atoms with Crippen molar-refractivity contribution < 1.29 is 14.3 Å². The van der Waals surface area contributed by atoms with Crippen LogP contribution in [0.25, 0.3) is 0 Å². The van der Waals surface area contributed by atoms with Crippen molar-refractivity contribution in [1.82, 2.24) is 4.90 Å². The molecule has 1 fully saturated rings. The molecular formula is C24H30N2O3. The molecule has 0 spiro atoms. The summed E-state index contributed by atoms with van der Waals surface area (Å²) in [6, 6.07) is 16.9. The zero-order chi connectivity index (χ0) is 20.5. The number of amides is 2.